The van der Waals surface area contributed by atoms with E-state index in [1.54, 1.807) is 15.9 Å². The van der Waals surface area contributed by atoms with Crippen molar-refractivity contribution in [1.29, 1.82) is 0 Å². The SMILES string of the molecule is CC(C)(C)OC(=O)N1CCN(n2nc(Br)c3cncnc32)CC1. The summed E-state index contributed by atoms with van der Waals surface area (Å²) < 4.78 is 6.12. The topological polar surface area (TPSA) is 76.4 Å². The van der Waals surface area contributed by atoms with Gasteiger partial charge in [-0.05, 0) is 36.7 Å². The van der Waals surface area contributed by atoms with Crippen molar-refractivity contribution in [2.24, 2.45) is 0 Å². The largest absolute Gasteiger partial charge is 0.444 e. The number of hydrogen-bond donors (Lipinski definition) is 0. The molecule has 1 aliphatic rings. The summed E-state index contributed by atoms with van der Waals surface area (Å²) in [4.78, 5) is 23.9. The van der Waals surface area contributed by atoms with Crippen LogP contribution in [0.2, 0.25) is 0 Å². The van der Waals surface area contributed by atoms with Crippen LogP contribution in [0.1, 0.15) is 20.8 Å². The summed E-state index contributed by atoms with van der Waals surface area (Å²) in [7, 11) is 0. The molecule has 0 atom stereocenters. The van der Waals surface area contributed by atoms with Gasteiger partial charge in [-0.25, -0.2) is 14.8 Å². The van der Waals surface area contributed by atoms with Crippen LogP contribution in [0.25, 0.3) is 11.0 Å². The van der Waals surface area contributed by atoms with Gasteiger partial charge in [0.05, 0.1) is 18.5 Å². The molecule has 3 rings (SSSR count). The molecule has 0 aromatic carbocycles. The number of hydrogen-bond acceptors (Lipinski definition) is 6. The second-order valence-corrected chi connectivity index (χ2v) is 7.11. The Bertz CT molecular complexity index is 718. The number of piperazine rings is 1. The lowest BCUT2D eigenvalue weighted by molar-refractivity contribution is 0.0231. The molecule has 0 saturated carbocycles. The van der Waals surface area contributed by atoms with Crippen LogP contribution in [0.4, 0.5) is 4.79 Å². The summed E-state index contributed by atoms with van der Waals surface area (Å²) in [6.45, 7) is 8.09. The minimum absolute atomic E-state index is 0.272. The van der Waals surface area contributed by atoms with Crippen LogP contribution in [0.5, 0.6) is 0 Å². The van der Waals surface area contributed by atoms with Gasteiger partial charge in [0, 0.05) is 19.3 Å². The minimum atomic E-state index is -0.478. The molecule has 9 heteroatoms. The van der Waals surface area contributed by atoms with Crippen molar-refractivity contribution >= 4 is 33.1 Å². The van der Waals surface area contributed by atoms with E-state index in [4.69, 9.17) is 4.74 Å². The highest BCUT2D eigenvalue weighted by Crippen LogP contribution is 2.21. The zero-order chi connectivity index (χ0) is 16.6. The molecule has 0 bridgehead atoms. The number of ether oxygens (including phenoxy) is 1. The van der Waals surface area contributed by atoms with Gasteiger partial charge in [-0.3, -0.25) is 5.01 Å². The second kappa shape index (κ2) is 5.95. The summed E-state index contributed by atoms with van der Waals surface area (Å²) in [6, 6.07) is 0. The number of amides is 1. The lowest BCUT2D eigenvalue weighted by Crippen LogP contribution is -2.54. The Morgan fingerprint density at radius 1 is 1.26 bits per heavy atom. The Morgan fingerprint density at radius 3 is 2.61 bits per heavy atom. The zero-order valence-corrected chi connectivity index (χ0v) is 14.9. The number of aromatic nitrogens is 4. The van der Waals surface area contributed by atoms with Crippen LogP contribution in [0, 0.1) is 0 Å². The van der Waals surface area contributed by atoms with Crippen molar-refractivity contribution in [2.75, 3.05) is 31.2 Å². The Balaban J connectivity index is 1.70. The van der Waals surface area contributed by atoms with Crippen molar-refractivity contribution in [2.45, 2.75) is 26.4 Å². The van der Waals surface area contributed by atoms with Crippen molar-refractivity contribution in [3.8, 4) is 0 Å². The molecule has 1 fully saturated rings. The maximum atomic E-state index is 12.1. The van der Waals surface area contributed by atoms with Gasteiger partial charge in [-0.2, -0.15) is 4.79 Å². The molecule has 2 aromatic rings. The van der Waals surface area contributed by atoms with E-state index in [1.807, 2.05) is 20.8 Å². The number of halogens is 1. The summed E-state index contributed by atoms with van der Waals surface area (Å²) in [5, 5.41) is 7.38. The van der Waals surface area contributed by atoms with Crippen molar-refractivity contribution in [3.63, 3.8) is 0 Å². The summed E-state index contributed by atoms with van der Waals surface area (Å²) in [6.07, 6.45) is 2.96. The number of carbonyl (C=O) groups excluding carboxylic acids is 1. The summed E-state index contributed by atoms with van der Waals surface area (Å²) >= 11 is 3.43. The van der Waals surface area contributed by atoms with Crippen LogP contribution in [-0.4, -0.2) is 62.6 Å². The van der Waals surface area contributed by atoms with Gasteiger partial charge >= 0.3 is 6.09 Å². The van der Waals surface area contributed by atoms with Crippen LogP contribution >= 0.6 is 15.9 Å². The fraction of sp³-hybridized carbons (Fsp3) is 0.571. The van der Waals surface area contributed by atoms with Gasteiger partial charge in [-0.1, -0.05) is 0 Å². The third kappa shape index (κ3) is 3.39. The van der Waals surface area contributed by atoms with E-state index in [2.05, 4.69) is 36.0 Å². The molecule has 8 nitrogen and oxygen atoms in total. The normalized spacial score (nSPS) is 16.0. The fourth-order valence-electron chi connectivity index (χ4n) is 2.40. The predicted octanol–water partition coefficient (Wildman–Crippen LogP) is 1.78. The lowest BCUT2D eigenvalue weighted by atomic mass is 10.2. The van der Waals surface area contributed by atoms with E-state index < -0.39 is 5.60 Å². The van der Waals surface area contributed by atoms with Gasteiger partial charge in [0.2, 0.25) is 0 Å². The molecule has 0 spiro atoms. The molecule has 1 saturated heterocycles. The van der Waals surface area contributed by atoms with Gasteiger partial charge in [0.15, 0.2) is 5.65 Å². The molecule has 1 amide bonds. The smallest absolute Gasteiger partial charge is 0.410 e. The average molecular weight is 383 g/mol. The first kappa shape index (κ1) is 16.0. The van der Waals surface area contributed by atoms with Gasteiger partial charge < -0.3 is 9.64 Å². The maximum absolute atomic E-state index is 12.1. The Kier molecular flexibility index (Phi) is 4.13. The number of carbonyl (C=O) groups is 1. The van der Waals surface area contributed by atoms with Crippen LogP contribution in [0.15, 0.2) is 17.1 Å². The minimum Gasteiger partial charge on any atom is -0.444 e. The van der Waals surface area contributed by atoms with Crippen LogP contribution in [-0.2, 0) is 4.74 Å². The molecule has 0 unspecified atom stereocenters. The maximum Gasteiger partial charge on any atom is 0.410 e. The van der Waals surface area contributed by atoms with Crippen molar-refractivity contribution < 1.29 is 9.53 Å². The molecule has 124 valence electrons. The van der Waals surface area contributed by atoms with E-state index >= 15 is 0 Å². The van der Waals surface area contributed by atoms with Gasteiger partial charge in [0.1, 0.15) is 16.5 Å². The summed E-state index contributed by atoms with van der Waals surface area (Å²) in [5.41, 5.74) is 0.270. The molecular weight excluding hydrogens is 364 g/mol. The first-order valence-electron chi connectivity index (χ1n) is 7.42. The Morgan fingerprint density at radius 2 is 1.96 bits per heavy atom. The van der Waals surface area contributed by atoms with Crippen LogP contribution < -0.4 is 5.01 Å². The quantitative estimate of drug-likeness (QED) is 0.747. The third-order valence-corrected chi connectivity index (χ3v) is 4.05. The fourth-order valence-corrected chi connectivity index (χ4v) is 2.83. The van der Waals surface area contributed by atoms with E-state index in [-0.39, 0.29) is 6.09 Å². The highest BCUT2D eigenvalue weighted by molar-refractivity contribution is 9.10. The number of nitrogens with zero attached hydrogens (tertiary/aromatic N) is 6. The lowest BCUT2D eigenvalue weighted by Gasteiger charge is -2.36. The molecule has 23 heavy (non-hydrogen) atoms. The van der Waals surface area contributed by atoms with E-state index in [0.717, 1.165) is 11.0 Å². The highest BCUT2D eigenvalue weighted by atomic mass is 79.9. The molecule has 1 aliphatic heterocycles. The van der Waals surface area contributed by atoms with Crippen molar-refractivity contribution in [3.05, 3.63) is 17.1 Å². The Hall–Kier alpha value is -1.90. The standard InChI is InChI=1S/C14H19BrN6O2/c1-14(2,3)23-13(22)19-4-6-20(7-5-19)21-12-10(11(15)18-21)8-16-9-17-12/h8-9H,4-7H2,1-3H3. The molecule has 0 radical (unpaired) electrons. The highest BCUT2D eigenvalue weighted by Gasteiger charge is 2.27. The number of fused-ring (bicyclic) bond motifs is 1. The zero-order valence-electron chi connectivity index (χ0n) is 13.4. The van der Waals surface area contributed by atoms with Crippen LogP contribution in [0.3, 0.4) is 0 Å². The van der Waals surface area contributed by atoms with E-state index in [1.165, 1.54) is 6.33 Å². The molecule has 3 heterocycles. The molecule has 0 aliphatic carbocycles. The van der Waals surface area contributed by atoms with Gasteiger partial charge in [-0.15, -0.1) is 5.10 Å². The average Bonchev–Trinajstić information content (AvgIpc) is 2.83. The first-order chi connectivity index (χ1) is 10.8. The first-order valence-corrected chi connectivity index (χ1v) is 8.22. The van der Waals surface area contributed by atoms with E-state index in [9.17, 15) is 4.79 Å². The monoisotopic (exact) mass is 382 g/mol. The Labute approximate surface area is 142 Å². The third-order valence-electron chi connectivity index (χ3n) is 3.46. The van der Waals surface area contributed by atoms with E-state index in [0.29, 0.717) is 30.8 Å². The predicted molar refractivity (Wildman–Crippen MR) is 88.8 cm³/mol. The molecule has 2 aromatic heterocycles. The van der Waals surface area contributed by atoms with Crippen molar-refractivity contribution in [1.82, 2.24) is 24.8 Å². The molecular formula is C14H19BrN6O2. The second-order valence-electron chi connectivity index (χ2n) is 6.36. The summed E-state index contributed by atoms with van der Waals surface area (Å²) in [5.74, 6) is 0. The molecule has 0 N–H and O–H groups in total. The number of rotatable bonds is 1. The van der Waals surface area contributed by atoms with Gasteiger partial charge in [0.25, 0.3) is 0 Å².